The van der Waals surface area contributed by atoms with Crippen LogP contribution < -0.4 is 0 Å². The topological polar surface area (TPSA) is 43.6 Å². The Hall–Kier alpha value is -2.54. The predicted octanol–water partition coefficient (Wildman–Crippen LogP) is 4.09. The summed E-state index contributed by atoms with van der Waals surface area (Å²) in [5.74, 6) is 0.0452. The average molecular weight is 342 g/mol. The molecule has 2 heterocycles. The molecule has 4 nitrogen and oxygen atoms in total. The first-order valence-electron chi connectivity index (χ1n) is 7.27. The van der Waals surface area contributed by atoms with Gasteiger partial charge in [0.05, 0.1) is 5.52 Å². The maximum Gasteiger partial charge on any atom is 0.211 e. The minimum atomic E-state index is -0.313. The van der Waals surface area contributed by atoms with Crippen LogP contribution >= 0.6 is 11.8 Å². The van der Waals surface area contributed by atoms with Crippen molar-refractivity contribution in [3.05, 3.63) is 59.7 Å². The first kappa shape index (κ1) is 15.0. The molecule has 4 aromatic rings. The molecule has 0 saturated heterocycles. The fourth-order valence-corrected chi connectivity index (χ4v) is 3.34. The van der Waals surface area contributed by atoms with Gasteiger partial charge in [-0.15, -0.1) is 10.2 Å². The lowest BCUT2D eigenvalue weighted by atomic mass is 10.2. The van der Waals surface area contributed by atoms with Crippen LogP contribution in [0.25, 0.3) is 22.1 Å². The predicted molar refractivity (Wildman–Crippen MR) is 89.7 cm³/mol. The van der Waals surface area contributed by atoms with Crippen molar-refractivity contribution in [3.8, 4) is 0 Å². The number of aromatic nitrogens is 4. The Labute approximate surface area is 140 Å². The number of nitrogens with zero attached hydrogens (tertiary/aromatic N) is 4. The van der Waals surface area contributed by atoms with Crippen molar-refractivity contribution in [3.63, 3.8) is 0 Å². The summed E-state index contributed by atoms with van der Waals surface area (Å²) in [5.41, 5.74) is 3.07. The molecule has 7 heteroatoms. The van der Waals surface area contributed by atoms with Crippen molar-refractivity contribution in [1.29, 1.82) is 0 Å². The van der Waals surface area contributed by atoms with E-state index >= 15 is 0 Å². The molecule has 0 N–H and O–H groups in total. The van der Waals surface area contributed by atoms with Gasteiger partial charge in [0.2, 0.25) is 5.16 Å². The zero-order valence-corrected chi connectivity index (χ0v) is 13.5. The standard InChI is InChI=1S/C17H12F2N4S/c1-23-14-7-6-12(19)8-13(14)15-16(23)20-17(22-21-15)24-9-10-2-4-11(18)5-3-10/h2-8H,9H2,1H3. The van der Waals surface area contributed by atoms with Gasteiger partial charge in [-0.05, 0) is 35.9 Å². The third-order valence-corrected chi connectivity index (χ3v) is 4.73. The lowest BCUT2D eigenvalue weighted by Crippen LogP contribution is -1.95. The maximum absolute atomic E-state index is 13.5. The van der Waals surface area contributed by atoms with E-state index < -0.39 is 0 Å². The molecule has 24 heavy (non-hydrogen) atoms. The third kappa shape index (κ3) is 2.60. The van der Waals surface area contributed by atoms with E-state index in [9.17, 15) is 8.78 Å². The Kier molecular flexibility index (Phi) is 3.65. The second-order valence-electron chi connectivity index (χ2n) is 5.40. The van der Waals surface area contributed by atoms with Crippen molar-refractivity contribution in [2.45, 2.75) is 10.9 Å². The SMILES string of the molecule is Cn1c2ccc(F)cc2c2nnc(SCc3ccc(F)cc3)nc21. The summed E-state index contributed by atoms with van der Waals surface area (Å²) in [7, 11) is 1.87. The van der Waals surface area contributed by atoms with Crippen LogP contribution in [0.5, 0.6) is 0 Å². The minimum Gasteiger partial charge on any atom is -0.327 e. The Morgan fingerprint density at radius 2 is 1.75 bits per heavy atom. The van der Waals surface area contributed by atoms with Crippen LogP contribution in [0.3, 0.4) is 0 Å². The van der Waals surface area contributed by atoms with Crippen molar-refractivity contribution in [2.24, 2.45) is 7.05 Å². The second-order valence-corrected chi connectivity index (χ2v) is 6.34. The summed E-state index contributed by atoms with van der Waals surface area (Å²) >= 11 is 1.42. The number of fused-ring (bicyclic) bond motifs is 3. The Morgan fingerprint density at radius 3 is 2.54 bits per heavy atom. The van der Waals surface area contributed by atoms with E-state index in [1.165, 1.54) is 36.0 Å². The number of thioether (sulfide) groups is 1. The Morgan fingerprint density at radius 1 is 1.00 bits per heavy atom. The van der Waals surface area contributed by atoms with Gasteiger partial charge < -0.3 is 4.57 Å². The quantitative estimate of drug-likeness (QED) is 0.526. The van der Waals surface area contributed by atoms with E-state index in [4.69, 9.17) is 0 Å². The molecule has 0 bridgehead atoms. The van der Waals surface area contributed by atoms with Crippen LogP contribution in [0, 0.1) is 11.6 Å². The fourth-order valence-electron chi connectivity index (χ4n) is 2.61. The Bertz CT molecular complexity index is 1040. The number of benzene rings is 2. The van der Waals surface area contributed by atoms with Gasteiger partial charge in [0.15, 0.2) is 5.65 Å². The minimum absolute atomic E-state index is 0.259. The van der Waals surface area contributed by atoms with Gasteiger partial charge in [-0.25, -0.2) is 13.8 Å². The van der Waals surface area contributed by atoms with Gasteiger partial charge >= 0.3 is 0 Å². The molecule has 2 aromatic carbocycles. The largest absolute Gasteiger partial charge is 0.327 e. The van der Waals surface area contributed by atoms with Gasteiger partial charge in [0.25, 0.3) is 0 Å². The smallest absolute Gasteiger partial charge is 0.211 e. The molecule has 0 amide bonds. The van der Waals surface area contributed by atoms with Crippen molar-refractivity contribution in [2.75, 3.05) is 0 Å². The van der Waals surface area contributed by atoms with E-state index in [0.29, 0.717) is 27.5 Å². The van der Waals surface area contributed by atoms with E-state index in [2.05, 4.69) is 15.2 Å². The number of hydrogen-bond donors (Lipinski definition) is 0. The van der Waals surface area contributed by atoms with Gasteiger partial charge in [0, 0.05) is 18.2 Å². The highest BCUT2D eigenvalue weighted by Gasteiger charge is 2.13. The summed E-state index contributed by atoms with van der Waals surface area (Å²) in [4.78, 5) is 4.53. The molecule has 2 aromatic heterocycles. The highest BCUT2D eigenvalue weighted by atomic mass is 32.2. The van der Waals surface area contributed by atoms with Gasteiger partial charge in [-0.2, -0.15) is 0 Å². The van der Waals surface area contributed by atoms with Crippen LogP contribution in [0.1, 0.15) is 5.56 Å². The maximum atomic E-state index is 13.5. The monoisotopic (exact) mass is 342 g/mol. The molecule has 0 radical (unpaired) electrons. The van der Waals surface area contributed by atoms with E-state index in [1.54, 1.807) is 18.2 Å². The lowest BCUT2D eigenvalue weighted by Gasteiger charge is -2.01. The number of rotatable bonds is 3. The summed E-state index contributed by atoms with van der Waals surface area (Å²) in [6.07, 6.45) is 0. The summed E-state index contributed by atoms with van der Waals surface area (Å²) < 4.78 is 28.3. The van der Waals surface area contributed by atoms with Crippen LogP contribution in [-0.2, 0) is 12.8 Å². The summed E-state index contributed by atoms with van der Waals surface area (Å²) in [5, 5.41) is 9.56. The fraction of sp³-hybridized carbons (Fsp3) is 0.118. The van der Waals surface area contributed by atoms with Crippen molar-refractivity contribution >= 4 is 33.8 Å². The van der Waals surface area contributed by atoms with E-state index in [1.807, 2.05) is 11.6 Å². The molecule has 0 spiro atoms. The molecule has 120 valence electrons. The second kappa shape index (κ2) is 5.83. The molecule has 0 aliphatic carbocycles. The third-order valence-electron chi connectivity index (χ3n) is 3.82. The van der Waals surface area contributed by atoms with Gasteiger partial charge in [-0.1, -0.05) is 23.9 Å². The van der Waals surface area contributed by atoms with E-state index in [-0.39, 0.29) is 11.6 Å². The number of halogens is 2. The zero-order chi connectivity index (χ0) is 16.7. The van der Waals surface area contributed by atoms with Crippen molar-refractivity contribution < 1.29 is 8.78 Å². The first-order chi connectivity index (χ1) is 11.6. The first-order valence-corrected chi connectivity index (χ1v) is 8.26. The molecule has 4 rings (SSSR count). The molecule has 0 atom stereocenters. The van der Waals surface area contributed by atoms with Crippen LogP contribution in [0.2, 0.25) is 0 Å². The summed E-state index contributed by atoms with van der Waals surface area (Å²) in [6, 6.07) is 10.9. The van der Waals surface area contributed by atoms with Crippen molar-refractivity contribution in [1.82, 2.24) is 19.7 Å². The van der Waals surface area contributed by atoms with Crippen LogP contribution in [0.15, 0.2) is 47.6 Å². The Balaban J connectivity index is 1.69. The molecule has 0 aliphatic rings. The normalized spacial score (nSPS) is 11.5. The molecule has 0 saturated carbocycles. The zero-order valence-electron chi connectivity index (χ0n) is 12.7. The molecule has 0 fully saturated rings. The summed E-state index contributed by atoms with van der Waals surface area (Å²) in [6.45, 7) is 0. The number of aryl methyl sites for hydroxylation is 1. The molecular weight excluding hydrogens is 330 g/mol. The highest BCUT2D eigenvalue weighted by Crippen LogP contribution is 2.27. The molecule has 0 aliphatic heterocycles. The molecule has 0 unspecified atom stereocenters. The highest BCUT2D eigenvalue weighted by molar-refractivity contribution is 7.98. The van der Waals surface area contributed by atoms with Crippen LogP contribution in [0.4, 0.5) is 8.78 Å². The average Bonchev–Trinajstić information content (AvgIpc) is 2.86. The number of hydrogen-bond acceptors (Lipinski definition) is 4. The van der Waals surface area contributed by atoms with Gasteiger partial charge in [0.1, 0.15) is 17.2 Å². The lowest BCUT2D eigenvalue weighted by molar-refractivity contribution is 0.627. The van der Waals surface area contributed by atoms with E-state index in [0.717, 1.165) is 11.1 Å². The molecular formula is C17H12F2N4S. The van der Waals surface area contributed by atoms with Gasteiger partial charge in [-0.3, -0.25) is 0 Å². The van der Waals surface area contributed by atoms with Crippen LogP contribution in [-0.4, -0.2) is 19.7 Å².